The Morgan fingerprint density at radius 2 is 1.84 bits per heavy atom. The zero-order valence-electron chi connectivity index (χ0n) is 19.1. The summed E-state index contributed by atoms with van der Waals surface area (Å²) in [6, 6.07) is 13.4. The zero-order chi connectivity index (χ0) is 23.4. The number of aryl methyl sites for hydroxylation is 1. The van der Waals surface area contributed by atoms with Crippen molar-refractivity contribution in [3.63, 3.8) is 0 Å². The molecule has 32 heavy (non-hydrogen) atoms. The first-order valence-electron chi connectivity index (χ1n) is 10.5. The number of nitrogens with one attached hydrogen (secondary N) is 1. The van der Waals surface area contributed by atoms with Crippen molar-refractivity contribution in [3.8, 4) is 11.1 Å². The molecule has 2 N–H and O–H groups in total. The van der Waals surface area contributed by atoms with Crippen LogP contribution in [0.3, 0.4) is 0 Å². The van der Waals surface area contributed by atoms with Crippen LogP contribution in [0.2, 0.25) is 0 Å². The maximum Gasteiger partial charge on any atom is 0.404 e. The van der Waals surface area contributed by atoms with E-state index in [9.17, 15) is 14.7 Å². The highest BCUT2D eigenvalue weighted by Gasteiger charge is 2.20. The molecule has 0 atom stereocenters. The molecule has 0 unspecified atom stereocenters. The lowest BCUT2D eigenvalue weighted by Gasteiger charge is -2.20. The Morgan fingerprint density at radius 3 is 2.44 bits per heavy atom. The summed E-state index contributed by atoms with van der Waals surface area (Å²) in [4.78, 5) is 34.0. The molecule has 1 heterocycles. The van der Waals surface area contributed by atoms with Gasteiger partial charge in [0.2, 0.25) is 0 Å². The van der Waals surface area contributed by atoms with E-state index in [1.807, 2.05) is 37.3 Å². The summed E-state index contributed by atoms with van der Waals surface area (Å²) in [6.07, 6.45) is -0.389. The van der Waals surface area contributed by atoms with Gasteiger partial charge in [0.05, 0.1) is 12.6 Å². The fraction of sp³-hybridized carbons (Fsp3) is 0.320. The van der Waals surface area contributed by atoms with Crippen LogP contribution in [0.5, 0.6) is 0 Å². The number of benzene rings is 2. The first kappa shape index (κ1) is 23.2. The highest BCUT2D eigenvalue weighted by atomic mass is 16.7. The third-order valence-corrected chi connectivity index (χ3v) is 5.34. The number of hydrogen-bond donors (Lipinski definition) is 2. The minimum atomic E-state index is -1.10. The molecule has 2 amide bonds. The number of nitrogens with zero attached hydrogens (tertiary/aromatic N) is 2. The van der Waals surface area contributed by atoms with Gasteiger partial charge in [0.25, 0.3) is 5.91 Å². The molecular formula is C25H29N3O4. The Labute approximate surface area is 188 Å². The predicted molar refractivity (Wildman–Crippen MR) is 124 cm³/mol. The maximum absolute atomic E-state index is 12.7. The average molecular weight is 436 g/mol. The molecule has 7 nitrogen and oxygen atoms in total. The molecule has 0 aliphatic heterocycles. The van der Waals surface area contributed by atoms with Gasteiger partial charge in [0.1, 0.15) is 0 Å². The first-order chi connectivity index (χ1) is 15.2. The number of fused-ring (bicyclic) bond motifs is 1. The van der Waals surface area contributed by atoms with Gasteiger partial charge in [0.15, 0.2) is 0 Å². The molecule has 0 saturated carbocycles. The molecule has 1 aromatic heterocycles. The minimum Gasteiger partial charge on any atom is -0.465 e. The van der Waals surface area contributed by atoms with Gasteiger partial charge >= 0.3 is 6.09 Å². The summed E-state index contributed by atoms with van der Waals surface area (Å²) in [7, 11) is 2.99. The lowest BCUT2D eigenvalue weighted by atomic mass is 9.90. The van der Waals surface area contributed by atoms with E-state index in [4.69, 9.17) is 9.82 Å². The molecule has 3 aromatic rings. The summed E-state index contributed by atoms with van der Waals surface area (Å²) >= 11 is 0. The van der Waals surface area contributed by atoms with Crippen molar-refractivity contribution in [1.82, 2.24) is 15.4 Å². The van der Waals surface area contributed by atoms with Gasteiger partial charge in [-0.15, -0.1) is 0 Å². The third-order valence-electron chi connectivity index (χ3n) is 5.34. The SMILES string of the molecule is CON(C)C(=O)c1ccc2nc(CC(C)C)c(CNC(=O)O)c(-c3ccc(C)cc3)c2c1. The van der Waals surface area contributed by atoms with Gasteiger partial charge < -0.3 is 10.4 Å². The number of carbonyl (C=O) groups is 2. The summed E-state index contributed by atoms with van der Waals surface area (Å²) in [5.74, 6) is 0.0614. The molecular weight excluding hydrogens is 406 g/mol. The molecule has 2 aromatic carbocycles. The van der Waals surface area contributed by atoms with E-state index in [1.165, 1.54) is 12.2 Å². The zero-order valence-corrected chi connectivity index (χ0v) is 19.1. The van der Waals surface area contributed by atoms with E-state index in [-0.39, 0.29) is 12.5 Å². The summed E-state index contributed by atoms with van der Waals surface area (Å²) in [5.41, 5.74) is 5.84. The molecule has 0 saturated heterocycles. The molecule has 168 valence electrons. The Bertz CT molecular complexity index is 1140. The Morgan fingerprint density at radius 1 is 1.16 bits per heavy atom. The summed E-state index contributed by atoms with van der Waals surface area (Å²) in [6.45, 7) is 6.35. The van der Waals surface area contributed by atoms with Gasteiger partial charge in [-0.2, -0.15) is 0 Å². The number of rotatable bonds is 7. The molecule has 0 fully saturated rings. The molecule has 3 rings (SSSR count). The van der Waals surface area contributed by atoms with Crippen LogP contribution in [0.25, 0.3) is 22.0 Å². The van der Waals surface area contributed by atoms with E-state index in [1.54, 1.807) is 19.2 Å². The van der Waals surface area contributed by atoms with Crippen LogP contribution in [0.4, 0.5) is 4.79 Å². The molecule has 0 aliphatic carbocycles. The van der Waals surface area contributed by atoms with Crippen LogP contribution in [-0.4, -0.2) is 41.3 Å². The molecule has 0 bridgehead atoms. The minimum absolute atomic E-state index is 0.125. The predicted octanol–water partition coefficient (Wildman–Crippen LogP) is 4.81. The molecule has 7 heteroatoms. The second kappa shape index (κ2) is 9.78. The highest BCUT2D eigenvalue weighted by molar-refractivity contribution is 6.02. The molecule has 0 aliphatic rings. The lowest BCUT2D eigenvalue weighted by molar-refractivity contribution is -0.0756. The standard InChI is InChI=1S/C25H29N3O4/c1-15(2)12-22-20(14-26-25(30)31)23(17-8-6-16(3)7-9-17)19-13-18(10-11-21(19)27-22)24(29)28(4)32-5/h6-11,13,15,26H,12,14H2,1-5H3,(H,30,31). The monoisotopic (exact) mass is 435 g/mol. The van der Waals surface area contributed by atoms with Crippen LogP contribution in [0, 0.1) is 12.8 Å². The molecule has 0 spiro atoms. The average Bonchev–Trinajstić information content (AvgIpc) is 2.76. The summed E-state index contributed by atoms with van der Waals surface area (Å²) in [5, 5.41) is 13.7. The van der Waals surface area contributed by atoms with Crippen molar-refractivity contribution >= 4 is 22.9 Å². The number of hydroxylamine groups is 2. The van der Waals surface area contributed by atoms with Gasteiger partial charge in [-0.05, 0) is 48.6 Å². The summed E-state index contributed by atoms with van der Waals surface area (Å²) < 4.78 is 0. The van der Waals surface area contributed by atoms with Crippen molar-refractivity contribution in [2.75, 3.05) is 14.2 Å². The van der Waals surface area contributed by atoms with E-state index in [0.717, 1.165) is 38.9 Å². The fourth-order valence-corrected chi connectivity index (χ4v) is 3.71. The smallest absolute Gasteiger partial charge is 0.404 e. The van der Waals surface area contributed by atoms with Crippen molar-refractivity contribution in [1.29, 1.82) is 0 Å². The van der Waals surface area contributed by atoms with Crippen LogP contribution >= 0.6 is 0 Å². The topological polar surface area (TPSA) is 91.8 Å². The Kier molecular flexibility index (Phi) is 7.10. The number of carboxylic acid groups (broad SMARTS) is 1. The lowest BCUT2D eigenvalue weighted by Crippen LogP contribution is -2.25. The number of pyridine rings is 1. The van der Waals surface area contributed by atoms with Crippen molar-refractivity contribution in [2.45, 2.75) is 33.7 Å². The second-order valence-corrected chi connectivity index (χ2v) is 8.25. The number of hydrogen-bond acceptors (Lipinski definition) is 4. The highest BCUT2D eigenvalue weighted by Crippen LogP contribution is 2.35. The maximum atomic E-state index is 12.7. The van der Waals surface area contributed by atoms with E-state index in [2.05, 4.69) is 19.2 Å². The number of amides is 2. The third kappa shape index (κ3) is 5.06. The van der Waals surface area contributed by atoms with Crippen LogP contribution in [0.15, 0.2) is 42.5 Å². The van der Waals surface area contributed by atoms with E-state index < -0.39 is 6.09 Å². The number of aromatic nitrogens is 1. The van der Waals surface area contributed by atoms with Gasteiger partial charge in [-0.25, -0.2) is 9.86 Å². The normalized spacial score (nSPS) is 11.1. The van der Waals surface area contributed by atoms with E-state index >= 15 is 0 Å². The second-order valence-electron chi connectivity index (χ2n) is 8.25. The molecule has 0 radical (unpaired) electrons. The Balaban J connectivity index is 2.34. The van der Waals surface area contributed by atoms with Crippen molar-refractivity contribution < 1.29 is 19.5 Å². The van der Waals surface area contributed by atoms with E-state index in [0.29, 0.717) is 17.9 Å². The quantitative estimate of drug-likeness (QED) is 0.520. The van der Waals surface area contributed by atoms with Crippen LogP contribution in [0.1, 0.15) is 41.0 Å². The fourth-order valence-electron chi connectivity index (χ4n) is 3.71. The van der Waals surface area contributed by atoms with Crippen LogP contribution in [-0.2, 0) is 17.8 Å². The van der Waals surface area contributed by atoms with Gasteiger partial charge in [-0.3, -0.25) is 14.6 Å². The van der Waals surface area contributed by atoms with Crippen LogP contribution < -0.4 is 5.32 Å². The van der Waals surface area contributed by atoms with Gasteiger partial charge in [0, 0.05) is 35.8 Å². The first-order valence-corrected chi connectivity index (χ1v) is 10.5. The van der Waals surface area contributed by atoms with Crippen molar-refractivity contribution in [3.05, 3.63) is 64.8 Å². The van der Waals surface area contributed by atoms with Crippen molar-refractivity contribution in [2.24, 2.45) is 5.92 Å². The largest absolute Gasteiger partial charge is 0.465 e. The van der Waals surface area contributed by atoms with Gasteiger partial charge in [-0.1, -0.05) is 43.7 Å². The Hall–Kier alpha value is -3.45. The number of carbonyl (C=O) groups excluding carboxylic acids is 1.